The average molecular weight is 256 g/mol. The van der Waals surface area contributed by atoms with Crippen LogP contribution in [0.15, 0.2) is 47.1 Å². The van der Waals surface area contributed by atoms with Crippen molar-refractivity contribution in [2.45, 2.75) is 0 Å². The Kier molecular flexibility index (Phi) is 2.68. The van der Waals surface area contributed by atoms with E-state index in [1.165, 1.54) is 12.1 Å². The van der Waals surface area contributed by atoms with Crippen LogP contribution in [0.25, 0.3) is 23.0 Å². The lowest BCUT2D eigenvalue weighted by Crippen LogP contribution is -1.93. The Morgan fingerprint density at radius 1 is 1.11 bits per heavy atom. The van der Waals surface area contributed by atoms with Crippen LogP contribution in [0.3, 0.4) is 0 Å². The van der Waals surface area contributed by atoms with Gasteiger partial charge in [0.1, 0.15) is 11.5 Å². The van der Waals surface area contributed by atoms with Gasteiger partial charge in [-0.3, -0.25) is 4.98 Å². The predicted molar refractivity (Wildman–Crippen MR) is 67.3 cm³/mol. The molecule has 0 saturated heterocycles. The van der Waals surface area contributed by atoms with E-state index in [0.29, 0.717) is 11.5 Å². The summed E-state index contributed by atoms with van der Waals surface area (Å²) in [7, 11) is 0. The first-order valence-corrected chi connectivity index (χ1v) is 5.55. The minimum Gasteiger partial charge on any atom is -0.398 e. The Hall–Kier alpha value is -2.76. The molecule has 19 heavy (non-hydrogen) atoms. The van der Waals surface area contributed by atoms with Gasteiger partial charge in [-0.1, -0.05) is 17.3 Å². The summed E-state index contributed by atoms with van der Waals surface area (Å²) >= 11 is 0. The molecule has 0 unspecified atom stereocenters. The number of rotatable bonds is 2. The molecule has 94 valence electrons. The van der Waals surface area contributed by atoms with Crippen molar-refractivity contribution in [1.82, 2.24) is 15.1 Å². The third-order valence-electron chi connectivity index (χ3n) is 2.58. The van der Waals surface area contributed by atoms with Gasteiger partial charge < -0.3 is 10.3 Å². The van der Waals surface area contributed by atoms with E-state index in [1.807, 2.05) is 0 Å². The first-order chi connectivity index (χ1) is 9.25. The van der Waals surface area contributed by atoms with Crippen LogP contribution in [-0.4, -0.2) is 15.1 Å². The van der Waals surface area contributed by atoms with E-state index in [2.05, 4.69) is 15.1 Å². The van der Waals surface area contributed by atoms with E-state index in [0.717, 1.165) is 0 Å². The fourth-order valence-electron chi connectivity index (χ4n) is 1.69. The van der Waals surface area contributed by atoms with E-state index in [9.17, 15) is 4.39 Å². The number of pyridine rings is 1. The van der Waals surface area contributed by atoms with Crippen LogP contribution >= 0.6 is 0 Å². The van der Waals surface area contributed by atoms with Crippen LogP contribution in [0.2, 0.25) is 0 Å². The molecule has 2 aromatic heterocycles. The molecule has 0 amide bonds. The number of anilines is 1. The largest absolute Gasteiger partial charge is 0.398 e. The number of benzene rings is 1. The Morgan fingerprint density at radius 2 is 2.00 bits per heavy atom. The molecule has 0 aliphatic rings. The van der Waals surface area contributed by atoms with Crippen LogP contribution in [0.4, 0.5) is 10.1 Å². The van der Waals surface area contributed by atoms with Gasteiger partial charge in [0.2, 0.25) is 5.82 Å². The Labute approximate surface area is 107 Å². The summed E-state index contributed by atoms with van der Waals surface area (Å²) in [6, 6.07) is 9.69. The fraction of sp³-hybridized carbons (Fsp3) is 0. The second-order valence-corrected chi connectivity index (χ2v) is 3.84. The van der Waals surface area contributed by atoms with E-state index < -0.39 is 5.82 Å². The first kappa shape index (κ1) is 11.3. The molecule has 0 fully saturated rings. The molecule has 0 radical (unpaired) electrons. The highest BCUT2D eigenvalue weighted by molar-refractivity contribution is 5.71. The SMILES string of the molecule is Nc1cccc(F)c1-c1nc(-c2ccccn2)no1. The third kappa shape index (κ3) is 2.03. The number of nitrogen functional groups attached to an aromatic ring is 1. The van der Waals surface area contributed by atoms with Gasteiger partial charge in [-0.05, 0) is 24.3 Å². The lowest BCUT2D eigenvalue weighted by Gasteiger charge is -2.00. The second kappa shape index (κ2) is 4.49. The van der Waals surface area contributed by atoms with Gasteiger partial charge >= 0.3 is 0 Å². The number of hydrogen-bond acceptors (Lipinski definition) is 5. The first-order valence-electron chi connectivity index (χ1n) is 5.55. The smallest absolute Gasteiger partial charge is 0.263 e. The Bertz CT molecular complexity index is 691. The van der Waals surface area contributed by atoms with E-state index in [-0.39, 0.29) is 17.1 Å². The molecular formula is C13H9FN4O. The minimum absolute atomic E-state index is 0.0382. The molecule has 0 atom stereocenters. The van der Waals surface area contributed by atoms with Crippen molar-refractivity contribution >= 4 is 5.69 Å². The number of nitrogens with zero attached hydrogens (tertiary/aromatic N) is 3. The molecule has 5 nitrogen and oxygen atoms in total. The lowest BCUT2D eigenvalue weighted by molar-refractivity contribution is 0.429. The zero-order chi connectivity index (χ0) is 13.2. The third-order valence-corrected chi connectivity index (χ3v) is 2.58. The van der Waals surface area contributed by atoms with Gasteiger partial charge in [0.05, 0.1) is 5.56 Å². The molecule has 0 aliphatic carbocycles. The highest BCUT2D eigenvalue weighted by Gasteiger charge is 2.17. The van der Waals surface area contributed by atoms with Crippen LogP contribution in [-0.2, 0) is 0 Å². The molecule has 2 heterocycles. The van der Waals surface area contributed by atoms with Crippen molar-refractivity contribution in [3.63, 3.8) is 0 Å². The maximum Gasteiger partial charge on any atom is 0.263 e. The van der Waals surface area contributed by atoms with Gasteiger partial charge in [0, 0.05) is 11.9 Å². The van der Waals surface area contributed by atoms with E-state index >= 15 is 0 Å². The van der Waals surface area contributed by atoms with Crippen LogP contribution in [0.5, 0.6) is 0 Å². The van der Waals surface area contributed by atoms with Gasteiger partial charge in [0.25, 0.3) is 5.89 Å². The molecule has 0 bridgehead atoms. The summed E-state index contributed by atoms with van der Waals surface area (Å²) in [4.78, 5) is 8.20. The normalized spacial score (nSPS) is 10.6. The summed E-state index contributed by atoms with van der Waals surface area (Å²) in [6.07, 6.45) is 1.61. The number of nitrogens with two attached hydrogens (primary N) is 1. The zero-order valence-corrected chi connectivity index (χ0v) is 9.75. The minimum atomic E-state index is -0.503. The molecule has 6 heteroatoms. The second-order valence-electron chi connectivity index (χ2n) is 3.84. The standard InChI is InChI=1S/C13H9FN4O/c14-8-4-3-5-9(15)11(8)13-17-12(18-19-13)10-6-1-2-7-16-10/h1-7H,15H2. The maximum atomic E-state index is 13.7. The summed E-state index contributed by atoms with van der Waals surface area (Å²) in [6.45, 7) is 0. The Morgan fingerprint density at radius 3 is 2.74 bits per heavy atom. The average Bonchev–Trinajstić information content (AvgIpc) is 2.89. The van der Waals surface area contributed by atoms with Crippen molar-refractivity contribution in [2.75, 3.05) is 5.73 Å². The van der Waals surface area contributed by atoms with Crippen molar-refractivity contribution in [2.24, 2.45) is 0 Å². The molecule has 3 aromatic rings. The molecule has 2 N–H and O–H groups in total. The molecule has 0 spiro atoms. The highest BCUT2D eigenvalue weighted by Crippen LogP contribution is 2.28. The summed E-state index contributed by atoms with van der Waals surface area (Å²) < 4.78 is 18.8. The van der Waals surface area contributed by atoms with Crippen molar-refractivity contribution < 1.29 is 8.91 Å². The van der Waals surface area contributed by atoms with Gasteiger partial charge in [-0.25, -0.2) is 4.39 Å². The van der Waals surface area contributed by atoms with Gasteiger partial charge in [-0.2, -0.15) is 4.98 Å². The van der Waals surface area contributed by atoms with Crippen molar-refractivity contribution in [3.05, 3.63) is 48.4 Å². The predicted octanol–water partition coefficient (Wildman–Crippen LogP) is 2.52. The molecule has 0 aliphatic heterocycles. The fourth-order valence-corrected chi connectivity index (χ4v) is 1.69. The van der Waals surface area contributed by atoms with Crippen LogP contribution < -0.4 is 5.73 Å². The molecule has 3 rings (SSSR count). The number of hydrogen-bond donors (Lipinski definition) is 1. The summed E-state index contributed by atoms with van der Waals surface area (Å²) in [5.41, 5.74) is 6.62. The monoisotopic (exact) mass is 256 g/mol. The van der Waals surface area contributed by atoms with Crippen molar-refractivity contribution in [1.29, 1.82) is 0 Å². The quantitative estimate of drug-likeness (QED) is 0.713. The number of halogens is 1. The highest BCUT2D eigenvalue weighted by atomic mass is 19.1. The topological polar surface area (TPSA) is 77.8 Å². The van der Waals surface area contributed by atoms with Gasteiger partial charge in [0.15, 0.2) is 0 Å². The summed E-state index contributed by atoms with van der Waals surface area (Å²) in [5.74, 6) is -0.175. The van der Waals surface area contributed by atoms with Crippen LogP contribution in [0, 0.1) is 5.82 Å². The molecular weight excluding hydrogens is 247 g/mol. The lowest BCUT2D eigenvalue weighted by atomic mass is 10.1. The molecule has 0 saturated carbocycles. The van der Waals surface area contributed by atoms with Crippen LogP contribution in [0.1, 0.15) is 0 Å². The molecule has 1 aromatic carbocycles. The van der Waals surface area contributed by atoms with Crippen molar-refractivity contribution in [3.8, 4) is 23.0 Å². The van der Waals surface area contributed by atoms with E-state index in [1.54, 1.807) is 30.5 Å². The van der Waals surface area contributed by atoms with Gasteiger partial charge in [-0.15, -0.1) is 0 Å². The summed E-state index contributed by atoms with van der Waals surface area (Å²) in [5, 5.41) is 3.77. The Balaban J connectivity index is 2.07. The van der Waals surface area contributed by atoms with E-state index in [4.69, 9.17) is 10.3 Å². The maximum absolute atomic E-state index is 13.7. The number of aromatic nitrogens is 3. The zero-order valence-electron chi connectivity index (χ0n) is 9.75.